The summed E-state index contributed by atoms with van der Waals surface area (Å²) >= 11 is 0. The molecule has 1 aromatic heterocycles. The molecule has 0 unspecified atom stereocenters. The topological polar surface area (TPSA) is 87.7 Å². The molecule has 1 heterocycles. The first-order valence-corrected chi connectivity index (χ1v) is 4.99. The summed E-state index contributed by atoms with van der Waals surface area (Å²) in [7, 11) is 0. The van der Waals surface area contributed by atoms with Crippen LogP contribution in [0.4, 0.5) is 5.95 Å². The third kappa shape index (κ3) is 2.97. The van der Waals surface area contributed by atoms with Gasteiger partial charge in [-0.3, -0.25) is 14.9 Å². The van der Waals surface area contributed by atoms with Crippen LogP contribution in [0.1, 0.15) is 16.8 Å². The van der Waals surface area contributed by atoms with Crippen molar-refractivity contribution in [2.45, 2.75) is 6.42 Å². The maximum Gasteiger partial charge on any atom is 0.234 e. The minimum atomic E-state index is -0.421. The van der Waals surface area contributed by atoms with E-state index in [2.05, 4.69) is 20.5 Å². The first-order chi connectivity index (χ1) is 8.25. The van der Waals surface area contributed by atoms with Crippen molar-refractivity contribution in [3.8, 4) is 0 Å². The van der Waals surface area contributed by atoms with Gasteiger partial charge < -0.3 is 0 Å². The second-order valence-electron chi connectivity index (χ2n) is 3.35. The highest BCUT2D eigenvalue weighted by atomic mass is 16.2. The first kappa shape index (κ1) is 11.0. The van der Waals surface area contributed by atoms with Gasteiger partial charge in [-0.05, 0) is 0 Å². The second kappa shape index (κ2) is 5.02. The Morgan fingerprint density at radius 1 is 1.24 bits per heavy atom. The van der Waals surface area contributed by atoms with Crippen LogP contribution < -0.4 is 5.32 Å². The molecule has 0 fully saturated rings. The molecule has 2 N–H and O–H groups in total. The summed E-state index contributed by atoms with van der Waals surface area (Å²) in [6, 6.07) is 8.66. The van der Waals surface area contributed by atoms with Gasteiger partial charge in [0.25, 0.3) is 0 Å². The number of carbonyl (C=O) groups excluding carboxylic acids is 2. The van der Waals surface area contributed by atoms with Gasteiger partial charge in [0.05, 0.1) is 6.42 Å². The Labute approximate surface area is 97.1 Å². The lowest BCUT2D eigenvalue weighted by molar-refractivity contribution is -0.115. The minimum absolute atomic E-state index is 0.218. The minimum Gasteiger partial charge on any atom is -0.295 e. The first-order valence-electron chi connectivity index (χ1n) is 4.99. The molecular formula is C11H10N4O2. The average molecular weight is 230 g/mol. The number of amides is 1. The van der Waals surface area contributed by atoms with Gasteiger partial charge in [-0.25, -0.2) is 5.10 Å². The summed E-state index contributed by atoms with van der Waals surface area (Å²) in [5.41, 5.74) is 0.514. The number of carbonyl (C=O) groups is 2. The zero-order chi connectivity index (χ0) is 12.1. The van der Waals surface area contributed by atoms with Crippen LogP contribution >= 0.6 is 0 Å². The van der Waals surface area contributed by atoms with Crippen molar-refractivity contribution >= 4 is 17.6 Å². The number of benzene rings is 1. The van der Waals surface area contributed by atoms with Crippen molar-refractivity contribution in [1.29, 1.82) is 0 Å². The van der Waals surface area contributed by atoms with Gasteiger partial charge in [-0.15, -0.1) is 0 Å². The lowest BCUT2D eigenvalue weighted by atomic mass is 10.1. The van der Waals surface area contributed by atoms with Gasteiger partial charge in [-0.1, -0.05) is 30.3 Å². The Morgan fingerprint density at radius 2 is 2.00 bits per heavy atom. The molecule has 0 saturated carbocycles. The molecular weight excluding hydrogens is 220 g/mol. The molecule has 0 aliphatic rings. The quantitative estimate of drug-likeness (QED) is 0.606. The predicted molar refractivity (Wildman–Crippen MR) is 60.4 cm³/mol. The van der Waals surface area contributed by atoms with E-state index in [9.17, 15) is 9.59 Å². The van der Waals surface area contributed by atoms with E-state index in [1.54, 1.807) is 24.3 Å². The second-order valence-corrected chi connectivity index (χ2v) is 3.35. The number of nitrogens with zero attached hydrogens (tertiary/aromatic N) is 2. The number of Topliss-reactive ketones (excluding diaryl/α,β-unsaturated/α-hetero) is 1. The van der Waals surface area contributed by atoms with E-state index in [1.807, 2.05) is 6.07 Å². The molecule has 0 spiro atoms. The zero-order valence-electron chi connectivity index (χ0n) is 8.88. The van der Waals surface area contributed by atoms with E-state index >= 15 is 0 Å². The van der Waals surface area contributed by atoms with Crippen LogP contribution in [0.15, 0.2) is 36.7 Å². The molecule has 0 saturated heterocycles. The molecule has 6 heteroatoms. The molecule has 0 radical (unpaired) electrons. The predicted octanol–water partition coefficient (Wildman–Crippen LogP) is 1.02. The summed E-state index contributed by atoms with van der Waals surface area (Å²) in [4.78, 5) is 26.9. The largest absolute Gasteiger partial charge is 0.295 e. The number of aromatic nitrogens is 3. The molecule has 86 valence electrons. The number of aromatic amines is 1. The standard InChI is InChI=1S/C11H10N4O2/c16-9(8-4-2-1-3-5-8)6-10(17)14-11-12-7-13-15-11/h1-5,7H,6H2,(H2,12,13,14,15,17). The van der Waals surface area contributed by atoms with Crippen molar-refractivity contribution in [1.82, 2.24) is 15.2 Å². The summed E-state index contributed by atoms with van der Waals surface area (Å²) in [6.07, 6.45) is 1.05. The van der Waals surface area contributed by atoms with E-state index in [1.165, 1.54) is 6.33 Å². The lowest BCUT2D eigenvalue weighted by Crippen LogP contribution is -2.17. The van der Waals surface area contributed by atoms with E-state index in [-0.39, 0.29) is 18.2 Å². The molecule has 0 atom stereocenters. The van der Waals surface area contributed by atoms with Crippen LogP contribution in [0, 0.1) is 0 Å². The van der Waals surface area contributed by atoms with Gasteiger partial charge in [0.15, 0.2) is 5.78 Å². The molecule has 2 rings (SSSR count). The highest BCUT2D eigenvalue weighted by Gasteiger charge is 2.12. The third-order valence-corrected chi connectivity index (χ3v) is 2.09. The van der Waals surface area contributed by atoms with Crippen LogP contribution in [-0.2, 0) is 4.79 Å². The van der Waals surface area contributed by atoms with E-state index in [4.69, 9.17) is 0 Å². The zero-order valence-corrected chi connectivity index (χ0v) is 8.88. The Morgan fingerprint density at radius 3 is 2.65 bits per heavy atom. The van der Waals surface area contributed by atoms with Crippen molar-refractivity contribution < 1.29 is 9.59 Å². The molecule has 2 aromatic rings. The number of hydrogen-bond donors (Lipinski definition) is 2. The molecule has 17 heavy (non-hydrogen) atoms. The summed E-state index contributed by atoms with van der Waals surface area (Å²) < 4.78 is 0. The van der Waals surface area contributed by atoms with Crippen LogP contribution in [0.25, 0.3) is 0 Å². The monoisotopic (exact) mass is 230 g/mol. The Balaban J connectivity index is 1.93. The van der Waals surface area contributed by atoms with Crippen molar-refractivity contribution in [3.63, 3.8) is 0 Å². The third-order valence-electron chi connectivity index (χ3n) is 2.09. The number of anilines is 1. The molecule has 0 aliphatic heterocycles. The number of ketones is 1. The van der Waals surface area contributed by atoms with E-state index in [0.717, 1.165) is 0 Å². The molecule has 0 aliphatic carbocycles. The smallest absolute Gasteiger partial charge is 0.234 e. The van der Waals surface area contributed by atoms with Crippen molar-refractivity contribution in [3.05, 3.63) is 42.2 Å². The number of nitrogens with one attached hydrogen (secondary N) is 2. The normalized spacial score (nSPS) is 9.88. The fourth-order valence-corrected chi connectivity index (χ4v) is 1.31. The Kier molecular flexibility index (Phi) is 3.25. The van der Waals surface area contributed by atoms with E-state index in [0.29, 0.717) is 5.56 Å². The molecule has 0 bridgehead atoms. The molecule has 1 amide bonds. The highest BCUT2D eigenvalue weighted by molar-refractivity contribution is 6.10. The van der Waals surface area contributed by atoms with E-state index < -0.39 is 5.91 Å². The molecule has 6 nitrogen and oxygen atoms in total. The average Bonchev–Trinajstić information content (AvgIpc) is 2.82. The summed E-state index contributed by atoms with van der Waals surface area (Å²) in [6.45, 7) is 0. The summed E-state index contributed by atoms with van der Waals surface area (Å²) in [5, 5.41) is 8.49. The SMILES string of the molecule is O=C(CC(=O)c1ccccc1)Nc1ncn[nH]1. The number of rotatable bonds is 4. The van der Waals surface area contributed by atoms with Crippen LogP contribution in [0.5, 0.6) is 0 Å². The van der Waals surface area contributed by atoms with Crippen molar-refractivity contribution in [2.75, 3.05) is 5.32 Å². The number of hydrogen-bond acceptors (Lipinski definition) is 4. The maximum absolute atomic E-state index is 11.7. The summed E-state index contributed by atoms with van der Waals surface area (Å²) in [5.74, 6) is -0.422. The van der Waals surface area contributed by atoms with Crippen LogP contribution in [-0.4, -0.2) is 26.9 Å². The van der Waals surface area contributed by atoms with Crippen LogP contribution in [0.2, 0.25) is 0 Å². The van der Waals surface area contributed by atoms with Gasteiger partial charge in [0.2, 0.25) is 11.9 Å². The lowest BCUT2D eigenvalue weighted by Gasteiger charge is -2.01. The van der Waals surface area contributed by atoms with Gasteiger partial charge in [0, 0.05) is 5.56 Å². The fourth-order valence-electron chi connectivity index (χ4n) is 1.31. The Hall–Kier alpha value is -2.50. The van der Waals surface area contributed by atoms with Crippen LogP contribution in [0.3, 0.4) is 0 Å². The van der Waals surface area contributed by atoms with Gasteiger partial charge >= 0.3 is 0 Å². The fraction of sp³-hybridized carbons (Fsp3) is 0.0909. The molecule has 1 aromatic carbocycles. The number of H-pyrrole nitrogens is 1. The van der Waals surface area contributed by atoms with Crippen molar-refractivity contribution in [2.24, 2.45) is 0 Å². The highest BCUT2D eigenvalue weighted by Crippen LogP contribution is 2.04. The van der Waals surface area contributed by atoms with Gasteiger partial charge in [0.1, 0.15) is 6.33 Å². The maximum atomic E-state index is 11.7. The van der Waals surface area contributed by atoms with Gasteiger partial charge in [-0.2, -0.15) is 10.1 Å². The Bertz CT molecular complexity index is 508.